The Hall–Kier alpha value is -3.89. The molecule has 1 fully saturated rings. The fourth-order valence-electron chi connectivity index (χ4n) is 4.30. The maximum atomic E-state index is 11.7. The van der Waals surface area contributed by atoms with E-state index in [0.717, 1.165) is 28.2 Å². The summed E-state index contributed by atoms with van der Waals surface area (Å²) in [5.41, 5.74) is 2.81. The van der Waals surface area contributed by atoms with Gasteiger partial charge in [0.05, 0.1) is 34.0 Å². The SMILES string of the molecule is COc1ccc(CO[C@H]2[C@@H](OC)O/C(=C\OC(C)=O)[C@@H](OCc3ccc(OC)cc3)[C@@H]2OCc2ccccc2)cc1. The van der Waals surface area contributed by atoms with Crippen molar-refractivity contribution < 1.29 is 42.7 Å². The number of hydrogen-bond donors (Lipinski definition) is 0. The van der Waals surface area contributed by atoms with Crippen LogP contribution in [0.1, 0.15) is 23.6 Å². The van der Waals surface area contributed by atoms with E-state index in [1.54, 1.807) is 14.2 Å². The number of rotatable bonds is 13. The maximum Gasteiger partial charge on any atom is 0.307 e. The molecule has 1 saturated heterocycles. The van der Waals surface area contributed by atoms with Crippen LogP contribution >= 0.6 is 0 Å². The van der Waals surface area contributed by atoms with Crippen LogP contribution in [0.4, 0.5) is 0 Å². The van der Waals surface area contributed by atoms with Crippen molar-refractivity contribution in [1.29, 1.82) is 0 Å². The summed E-state index contributed by atoms with van der Waals surface area (Å²) in [5.74, 6) is 1.25. The zero-order chi connectivity index (χ0) is 29.0. The van der Waals surface area contributed by atoms with Gasteiger partial charge in [-0.3, -0.25) is 4.79 Å². The second kappa shape index (κ2) is 15.2. The first-order chi connectivity index (χ1) is 20.0. The minimum atomic E-state index is -0.864. The van der Waals surface area contributed by atoms with Gasteiger partial charge >= 0.3 is 5.97 Å². The Morgan fingerprint density at radius 2 is 1.22 bits per heavy atom. The molecule has 0 N–H and O–H groups in total. The van der Waals surface area contributed by atoms with Crippen LogP contribution in [0.25, 0.3) is 0 Å². The third-order valence-corrected chi connectivity index (χ3v) is 6.47. The van der Waals surface area contributed by atoms with Gasteiger partial charge in [0.2, 0.25) is 6.29 Å². The Balaban J connectivity index is 1.62. The molecule has 3 aromatic rings. The van der Waals surface area contributed by atoms with Gasteiger partial charge in [0.15, 0.2) is 5.76 Å². The number of ether oxygens (including phenoxy) is 8. The van der Waals surface area contributed by atoms with Gasteiger partial charge in [-0.25, -0.2) is 0 Å². The molecule has 0 unspecified atom stereocenters. The largest absolute Gasteiger partial charge is 0.497 e. The average Bonchev–Trinajstić information content (AvgIpc) is 3.01. The Morgan fingerprint density at radius 1 is 0.707 bits per heavy atom. The van der Waals surface area contributed by atoms with Crippen molar-refractivity contribution in [2.45, 2.75) is 51.3 Å². The molecule has 4 rings (SSSR count). The quantitative estimate of drug-likeness (QED) is 0.206. The summed E-state index contributed by atoms with van der Waals surface area (Å²) in [4.78, 5) is 11.7. The number of methoxy groups -OCH3 is 3. The molecule has 0 amide bonds. The van der Waals surface area contributed by atoms with Crippen molar-refractivity contribution in [1.82, 2.24) is 0 Å². The van der Waals surface area contributed by atoms with Crippen LogP contribution in [0.3, 0.4) is 0 Å². The standard InChI is InChI=1S/C32H36O9/c1-22(33)37-21-28-29(38-19-24-10-14-26(34-2)15-11-24)30(39-18-23-8-6-5-7-9-23)31(32(36-4)41-28)40-20-25-12-16-27(35-3)17-13-25/h5-17,21,29-32H,18-20H2,1-4H3/b28-21-/t29-,30+,31-,32+/m1/s1. The Labute approximate surface area is 240 Å². The molecule has 0 spiro atoms. The van der Waals surface area contributed by atoms with Crippen LogP contribution in [0, 0.1) is 0 Å². The third kappa shape index (κ3) is 8.55. The summed E-state index contributed by atoms with van der Waals surface area (Å²) in [6.45, 7) is 2.08. The van der Waals surface area contributed by atoms with Crippen LogP contribution < -0.4 is 9.47 Å². The molecule has 0 radical (unpaired) electrons. The Kier molecular flexibility index (Phi) is 11.2. The lowest BCUT2D eigenvalue weighted by Gasteiger charge is -2.42. The number of benzene rings is 3. The zero-order valence-corrected chi connectivity index (χ0v) is 23.7. The smallest absolute Gasteiger partial charge is 0.307 e. The van der Waals surface area contributed by atoms with Gasteiger partial charge in [0.25, 0.3) is 0 Å². The molecule has 4 atom stereocenters. The monoisotopic (exact) mass is 564 g/mol. The minimum absolute atomic E-state index is 0.226. The van der Waals surface area contributed by atoms with E-state index in [2.05, 4.69) is 0 Å². The first-order valence-electron chi connectivity index (χ1n) is 13.2. The molecule has 0 aromatic heterocycles. The molecule has 9 heteroatoms. The highest BCUT2D eigenvalue weighted by molar-refractivity contribution is 5.66. The number of esters is 1. The summed E-state index contributed by atoms with van der Waals surface area (Å²) >= 11 is 0. The highest BCUT2D eigenvalue weighted by Gasteiger charge is 2.47. The van der Waals surface area contributed by atoms with E-state index in [9.17, 15) is 4.79 Å². The highest BCUT2D eigenvalue weighted by atomic mass is 16.7. The van der Waals surface area contributed by atoms with Gasteiger partial charge in [0.1, 0.15) is 36.1 Å². The van der Waals surface area contributed by atoms with Crippen LogP contribution in [0.2, 0.25) is 0 Å². The number of carbonyl (C=O) groups excluding carboxylic acids is 1. The van der Waals surface area contributed by atoms with Gasteiger partial charge in [-0.1, -0.05) is 54.6 Å². The molecule has 0 saturated carbocycles. The maximum absolute atomic E-state index is 11.7. The van der Waals surface area contributed by atoms with E-state index in [4.69, 9.17) is 37.9 Å². The van der Waals surface area contributed by atoms with Crippen molar-refractivity contribution in [3.63, 3.8) is 0 Å². The molecule has 3 aromatic carbocycles. The first-order valence-corrected chi connectivity index (χ1v) is 13.2. The van der Waals surface area contributed by atoms with Gasteiger partial charge in [-0.15, -0.1) is 0 Å². The van der Waals surface area contributed by atoms with Crippen molar-refractivity contribution in [2.75, 3.05) is 21.3 Å². The van der Waals surface area contributed by atoms with Gasteiger partial charge in [-0.05, 0) is 41.0 Å². The van der Waals surface area contributed by atoms with Crippen LogP contribution in [-0.4, -0.2) is 51.9 Å². The van der Waals surface area contributed by atoms with E-state index >= 15 is 0 Å². The first kappa shape index (κ1) is 30.1. The predicted molar refractivity (Wildman–Crippen MR) is 150 cm³/mol. The average molecular weight is 565 g/mol. The predicted octanol–water partition coefficient (Wildman–Crippen LogP) is 5.17. The van der Waals surface area contributed by atoms with Gasteiger partial charge in [-0.2, -0.15) is 0 Å². The molecular weight excluding hydrogens is 528 g/mol. The van der Waals surface area contributed by atoms with Crippen LogP contribution in [-0.2, 0) is 53.0 Å². The molecule has 1 heterocycles. The molecule has 0 aliphatic carbocycles. The summed E-state index contributed by atoms with van der Waals surface area (Å²) in [5, 5.41) is 0. The number of carbonyl (C=O) groups is 1. The van der Waals surface area contributed by atoms with Crippen molar-refractivity contribution >= 4 is 5.97 Å². The molecular formula is C32H36O9. The van der Waals surface area contributed by atoms with Crippen molar-refractivity contribution in [2.24, 2.45) is 0 Å². The molecule has 1 aliphatic rings. The molecule has 9 nitrogen and oxygen atoms in total. The highest BCUT2D eigenvalue weighted by Crippen LogP contribution is 2.33. The molecule has 218 valence electrons. The lowest BCUT2D eigenvalue weighted by atomic mass is 10.0. The minimum Gasteiger partial charge on any atom is -0.497 e. The summed E-state index contributed by atoms with van der Waals surface area (Å²) in [6.07, 6.45) is -1.79. The Bertz CT molecular complexity index is 1240. The van der Waals surface area contributed by atoms with E-state index in [1.807, 2.05) is 78.9 Å². The Morgan fingerprint density at radius 3 is 1.73 bits per heavy atom. The molecule has 41 heavy (non-hydrogen) atoms. The third-order valence-electron chi connectivity index (χ3n) is 6.47. The molecule has 0 bridgehead atoms. The van der Waals surface area contributed by atoms with Crippen molar-refractivity contribution in [3.8, 4) is 11.5 Å². The van der Waals surface area contributed by atoms with E-state index < -0.39 is 30.6 Å². The topological polar surface area (TPSA) is 90.9 Å². The fourth-order valence-corrected chi connectivity index (χ4v) is 4.30. The fraction of sp³-hybridized carbons (Fsp3) is 0.344. The lowest BCUT2D eigenvalue weighted by molar-refractivity contribution is -0.271. The lowest BCUT2D eigenvalue weighted by Crippen LogP contribution is -2.55. The van der Waals surface area contributed by atoms with Crippen LogP contribution in [0.5, 0.6) is 11.5 Å². The van der Waals surface area contributed by atoms with Gasteiger partial charge < -0.3 is 37.9 Å². The van der Waals surface area contributed by atoms with E-state index in [1.165, 1.54) is 20.3 Å². The van der Waals surface area contributed by atoms with Gasteiger partial charge in [0, 0.05) is 14.0 Å². The van der Waals surface area contributed by atoms with E-state index in [0.29, 0.717) is 0 Å². The second-order valence-electron chi connectivity index (χ2n) is 9.32. The normalized spacial score (nSPS) is 21.2. The zero-order valence-electron chi connectivity index (χ0n) is 23.7. The molecule has 1 aliphatic heterocycles. The summed E-state index contributed by atoms with van der Waals surface area (Å²) < 4.78 is 46.8. The second-order valence-corrected chi connectivity index (χ2v) is 9.32. The van der Waals surface area contributed by atoms with Crippen molar-refractivity contribution in [3.05, 3.63) is 108 Å². The van der Waals surface area contributed by atoms with Crippen LogP contribution in [0.15, 0.2) is 90.9 Å². The summed E-state index contributed by atoms with van der Waals surface area (Å²) in [6, 6.07) is 24.9. The number of hydrogen-bond acceptors (Lipinski definition) is 9. The van der Waals surface area contributed by atoms with E-state index in [-0.39, 0.29) is 25.6 Å². The summed E-state index contributed by atoms with van der Waals surface area (Å²) in [7, 11) is 4.75.